The van der Waals surface area contributed by atoms with E-state index in [0.717, 1.165) is 19.6 Å². The zero-order valence-electron chi connectivity index (χ0n) is 10.5. The van der Waals surface area contributed by atoms with E-state index in [0.29, 0.717) is 12.2 Å². The number of benzene rings is 1. The van der Waals surface area contributed by atoms with Gasteiger partial charge in [-0.3, -0.25) is 4.90 Å². The second-order valence-corrected chi connectivity index (χ2v) is 4.40. The van der Waals surface area contributed by atoms with Crippen molar-refractivity contribution in [2.24, 2.45) is 0 Å². The van der Waals surface area contributed by atoms with E-state index in [1.165, 1.54) is 19.3 Å². The number of hydrogen-bond acceptors (Lipinski definition) is 3. The Morgan fingerprint density at radius 1 is 1.11 bits per heavy atom. The van der Waals surface area contributed by atoms with E-state index >= 15 is 0 Å². The second-order valence-electron chi connectivity index (χ2n) is 4.40. The van der Waals surface area contributed by atoms with Crippen LogP contribution in [0.25, 0.3) is 0 Å². The van der Waals surface area contributed by atoms with E-state index in [4.69, 9.17) is 4.74 Å². The molecule has 1 aliphatic heterocycles. The maximum atomic E-state index is 11.6. The van der Waals surface area contributed by atoms with Gasteiger partial charge in [-0.15, -0.1) is 12.4 Å². The van der Waals surface area contributed by atoms with E-state index in [-0.39, 0.29) is 18.4 Å². The van der Waals surface area contributed by atoms with Crippen molar-refractivity contribution in [1.82, 2.24) is 4.90 Å². The zero-order chi connectivity index (χ0) is 11.9. The van der Waals surface area contributed by atoms with Crippen LogP contribution in [-0.4, -0.2) is 37.1 Å². The van der Waals surface area contributed by atoms with Crippen LogP contribution in [0, 0.1) is 0 Å². The van der Waals surface area contributed by atoms with Crippen molar-refractivity contribution in [3.63, 3.8) is 0 Å². The molecule has 0 aromatic heterocycles. The van der Waals surface area contributed by atoms with Crippen LogP contribution in [-0.2, 0) is 4.74 Å². The molecule has 0 bridgehead atoms. The van der Waals surface area contributed by atoms with Crippen LogP contribution in [0.1, 0.15) is 29.6 Å². The average molecular weight is 270 g/mol. The van der Waals surface area contributed by atoms with Crippen LogP contribution in [0.15, 0.2) is 30.3 Å². The number of piperidine rings is 1. The minimum absolute atomic E-state index is 0. The molecule has 3 nitrogen and oxygen atoms in total. The van der Waals surface area contributed by atoms with E-state index in [9.17, 15) is 4.79 Å². The molecule has 0 N–H and O–H groups in total. The predicted molar refractivity (Wildman–Crippen MR) is 74.3 cm³/mol. The number of ether oxygens (including phenoxy) is 1. The number of esters is 1. The highest BCUT2D eigenvalue weighted by Crippen LogP contribution is 2.08. The lowest BCUT2D eigenvalue weighted by Crippen LogP contribution is -2.33. The van der Waals surface area contributed by atoms with Gasteiger partial charge in [-0.1, -0.05) is 24.6 Å². The van der Waals surface area contributed by atoms with Gasteiger partial charge in [-0.05, 0) is 38.1 Å². The smallest absolute Gasteiger partial charge is 0.338 e. The van der Waals surface area contributed by atoms with Gasteiger partial charge >= 0.3 is 5.97 Å². The molecule has 100 valence electrons. The molecule has 1 aliphatic rings. The molecule has 0 spiro atoms. The lowest BCUT2D eigenvalue weighted by atomic mass is 10.1. The Hall–Kier alpha value is -1.06. The van der Waals surface area contributed by atoms with Crippen molar-refractivity contribution in [2.45, 2.75) is 19.3 Å². The predicted octanol–water partition coefficient (Wildman–Crippen LogP) is 2.75. The molecule has 1 saturated heterocycles. The van der Waals surface area contributed by atoms with Gasteiger partial charge in [0.2, 0.25) is 0 Å². The van der Waals surface area contributed by atoms with Gasteiger partial charge in [0.15, 0.2) is 0 Å². The third-order valence-electron chi connectivity index (χ3n) is 3.10. The molecule has 1 aromatic carbocycles. The minimum atomic E-state index is -0.220. The number of likely N-dealkylation sites (tertiary alicyclic amines) is 1. The van der Waals surface area contributed by atoms with Gasteiger partial charge in [-0.25, -0.2) is 4.79 Å². The summed E-state index contributed by atoms with van der Waals surface area (Å²) < 4.78 is 5.25. The third-order valence-corrected chi connectivity index (χ3v) is 3.10. The van der Waals surface area contributed by atoms with Gasteiger partial charge < -0.3 is 4.74 Å². The fourth-order valence-corrected chi connectivity index (χ4v) is 2.11. The van der Waals surface area contributed by atoms with Crippen molar-refractivity contribution in [3.05, 3.63) is 35.9 Å². The van der Waals surface area contributed by atoms with Crippen molar-refractivity contribution >= 4 is 18.4 Å². The van der Waals surface area contributed by atoms with Gasteiger partial charge in [0.05, 0.1) is 5.56 Å². The number of hydrogen-bond donors (Lipinski definition) is 0. The Bertz CT molecular complexity index is 350. The molecule has 1 heterocycles. The molecule has 0 aliphatic carbocycles. The van der Waals surface area contributed by atoms with Crippen molar-refractivity contribution < 1.29 is 9.53 Å². The minimum Gasteiger partial charge on any atom is -0.461 e. The fraction of sp³-hybridized carbons (Fsp3) is 0.500. The molecule has 0 radical (unpaired) electrons. The summed E-state index contributed by atoms with van der Waals surface area (Å²) in [7, 11) is 0. The van der Waals surface area contributed by atoms with Crippen LogP contribution in [0.3, 0.4) is 0 Å². The van der Waals surface area contributed by atoms with Crippen LogP contribution < -0.4 is 0 Å². The lowest BCUT2D eigenvalue weighted by molar-refractivity contribution is 0.0452. The maximum absolute atomic E-state index is 11.6. The summed E-state index contributed by atoms with van der Waals surface area (Å²) >= 11 is 0. The molecular formula is C14H20ClNO2. The average Bonchev–Trinajstić information content (AvgIpc) is 2.41. The Morgan fingerprint density at radius 2 is 1.78 bits per heavy atom. The van der Waals surface area contributed by atoms with E-state index in [1.807, 2.05) is 18.2 Å². The van der Waals surface area contributed by atoms with Gasteiger partial charge in [0.25, 0.3) is 0 Å². The summed E-state index contributed by atoms with van der Waals surface area (Å²) in [5.41, 5.74) is 0.631. The highest BCUT2D eigenvalue weighted by molar-refractivity contribution is 5.89. The Balaban J connectivity index is 0.00000162. The normalized spacial score (nSPS) is 15.8. The molecule has 0 saturated carbocycles. The van der Waals surface area contributed by atoms with Gasteiger partial charge in [0.1, 0.15) is 6.61 Å². The molecule has 0 amide bonds. The molecule has 1 fully saturated rings. The van der Waals surface area contributed by atoms with Crippen LogP contribution in [0.4, 0.5) is 0 Å². The van der Waals surface area contributed by atoms with E-state index in [2.05, 4.69) is 4.90 Å². The Labute approximate surface area is 115 Å². The van der Waals surface area contributed by atoms with Crippen molar-refractivity contribution in [3.8, 4) is 0 Å². The summed E-state index contributed by atoms with van der Waals surface area (Å²) in [6.45, 7) is 3.64. The number of carbonyl (C=O) groups excluding carboxylic acids is 1. The zero-order valence-corrected chi connectivity index (χ0v) is 11.3. The Kier molecular flexibility index (Phi) is 6.76. The summed E-state index contributed by atoms with van der Waals surface area (Å²) in [6.07, 6.45) is 3.87. The summed E-state index contributed by atoms with van der Waals surface area (Å²) in [6, 6.07) is 9.15. The van der Waals surface area contributed by atoms with Crippen molar-refractivity contribution in [2.75, 3.05) is 26.2 Å². The molecule has 2 rings (SSSR count). The molecule has 1 aromatic rings. The molecular weight excluding hydrogens is 250 g/mol. The summed E-state index contributed by atoms with van der Waals surface area (Å²) in [4.78, 5) is 14.0. The third kappa shape index (κ3) is 4.67. The highest BCUT2D eigenvalue weighted by atomic mass is 35.5. The first-order valence-corrected chi connectivity index (χ1v) is 6.31. The molecule has 4 heteroatoms. The molecule has 0 atom stereocenters. The first-order valence-electron chi connectivity index (χ1n) is 6.31. The lowest BCUT2D eigenvalue weighted by Gasteiger charge is -2.25. The molecule has 18 heavy (non-hydrogen) atoms. The van der Waals surface area contributed by atoms with Gasteiger partial charge in [0, 0.05) is 6.54 Å². The number of carbonyl (C=O) groups is 1. The first-order chi connectivity index (χ1) is 8.36. The SMILES string of the molecule is Cl.O=C(OCCN1CCCCC1)c1ccccc1. The first kappa shape index (κ1) is 15.0. The standard InChI is InChI=1S/C14H19NO2.ClH/c16-14(13-7-3-1-4-8-13)17-12-11-15-9-5-2-6-10-15;/h1,3-4,7-8H,2,5-6,9-12H2;1H. The monoisotopic (exact) mass is 269 g/mol. The maximum Gasteiger partial charge on any atom is 0.338 e. The highest BCUT2D eigenvalue weighted by Gasteiger charge is 2.11. The van der Waals surface area contributed by atoms with E-state index in [1.54, 1.807) is 12.1 Å². The number of rotatable bonds is 4. The number of nitrogens with zero attached hydrogens (tertiary/aromatic N) is 1. The van der Waals surface area contributed by atoms with Crippen molar-refractivity contribution in [1.29, 1.82) is 0 Å². The topological polar surface area (TPSA) is 29.5 Å². The van der Waals surface area contributed by atoms with E-state index < -0.39 is 0 Å². The second kappa shape index (κ2) is 8.11. The van der Waals surface area contributed by atoms with Gasteiger partial charge in [-0.2, -0.15) is 0 Å². The molecule has 0 unspecified atom stereocenters. The Morgan fingerprint density at radius 3 is 2.44 bits per heavy atom. The van der Waals surface area contributed by atoms with Crippen LogP contribution in [0.2, 0.25) is 0 Å². The van der Waals surface area contributed by atoms with Crippen LogP contribution in [0.5, 0.6) is 0 Å². The van der Waals surface area contributed by atoms with Crippen LogP contribution >= 0.6 is 12.4 Å². The number of halogens is 1. The summed E-state index contributed by atoms with van der Waals surface area (Å²) in [5.74, 6) is -0.220. The largest absolute Gasteiger partial charge is 0.461 e. The summed E-state index contributed by atoms with van der Waals surface area (Å²) in [5, 5.41) is 0. The quantitative estimate of drug-likeness (QED) is 0.787. The fourth-order valence-electron chi connectivity index (χ4n) is 2.11.